The van der Waals surface area contributed by atoms with E-state index in [9.17, 15) is 0 Å². The van der Waals surface area contributed by atoms with E-state index in [1.807, 2.05) is 49.4 Å². The summed E-state index contributed by atoms with van der Waals surface area (Å²) in [6.07, 6.45) is 3.03. The first-order valence-corrected chi connectivity index (χ1v) is 7.94. The molecule has 0 aliphatic carbocycles. The number of aromatic nitrogens is 3. The molecule has 6 nitrogen and oxygen atoms in total. The van der Waals surface area contributed by atoms with Gasteiger partial charge in [0.25, 0.3) is 0 Å². The zero-order valence-corrected chi connectivity index (χ0v) is 13.6. The van der Waals surface area contributed by atoms with Crippen LogP contribution in [0.5, 0.6) is 5.75 Å². The molecule has 4 aromatic rings. The molecule has 3 aromatic heterocycles. The molecule has 0 radical (unpaired) electrons. The van der Waals surface area contributed by atoms with Crippen molar-refractivity contribution in [3.63, 3.8) is 0 Å². The van der Waals surface area contributed by atoms with Gasteiger partial charge in [0.15, 0.2) is 11.4 Å². The van der Waals surface area contributed by atoms with Gasteiger partial charge in [0, 0.05) is 0 Å². The lowest BCUT2D eigenvalue weighted by Gasteiger charge is -2.10. The lowest BCUT2D eigenvalue weighted by molar-refractivity contribution is 0.340. The molecule has 0 aliphatic rings. The molecule has 0 fully saturated rings. The van der Waals surface area contributed by atoms with E-state index >= 15 is 0 Å². The Kier molecular flexibility index (Phi) is 3.78. The first-order chi connectivity index (χ1) is 12.3. The third-order valence-electron chi connectivity index (χ3n) is 3.88. The topological polar surface area (TPSA) is 87.1 Å². The van der Waals surface area contributed by atoms with Crippen molar-refractivity contribution in [2.24, 2.45) is 0 Å². The summed E-state index contributed by atoms with van der Waals surface area (Å²) < 4.78 is 11.0. The average molecular weight is 332 g/mol. The minimum atomic E-state index is 0.396. The van der Waals surface area contributed by atoms with E-state index in [2.05, 4.69) is 15.0 Å². The van der Waals surface area contributed by atoms with Crippen molar-refractivity contribution < 1.29 is 9.15 Å². The molecule has 2 N–H and O–H groups in total. The Morgan fingerprint density at radius 2 is 1.96 bits per heavy atom. The Bertz CT molecular complexity index is 1010. The van der Waals surface area contributed by atoms with Crippen molar-refractivity contribution in [3.8, 4) is 28.3 Å². The van der Waals surface area contributed by atoms with Crippen LogP contribution < -0.4 is 10.5 Å². The van der Waals surface area contributed by atoms with Crippen molar-refractivity contribution >= 4 is 16.9 Å². The predicted molar refractivity (Wildman–Crippen MR) is 96.1 cm³/mol. The van der Waals surface area contributed by atoms with Gasteiger partial charge < -0.3 is 14.9 Å². The SMILES string of the molecule is CCOc1ccc(-c2cc(-c3ccco3)nc3ncnc(N)c23)cc1. The molecule has 4 rings (SSSR count). The molecule has 0 saturated heterocycles. The summed E-state index contributed by atoms with van der Waals surface area (Å²) in [4.78, 5) is 13.0. The third kappa shape index (κ3) is 2.78. The van der Waals surface area contributed by atoms with Crippen LogP contribution in [-0.4, -0.2) is 21.6 Å². The molecule has 0 unspecified atom stereocenters. The maximum absolute atomic E-state index is 6.10. The number of rotatable bonds is 4. The first kappa shape index (κ1) is 15.1. The van der Waals surface area contributed by atoms with Gasteiger partial charge in [-0.3, -0.25) is 0 Å². The fourth-order valence-corrected chi connectivity index (χ4v) is 2.76. The standard InChI is InChI=1S/C19H16N4O2/c1-2-24-13-7-5-12(6-8-13)14-10-15(16-4-3-9-25-16)23-19-17(14)18(20)21-11-22-19/h3-11H,2H2,1H3,(H2,20,21,22,23). The van der Waals surface area contributed by atoms with Crippen molar-refractivity contribution in [1.82, 2.24) is 15.0 Å². The molecular weight excluding hydrogens is 316 g/mol. The lowest BCUT2D eigenvalue weighted by atomic mass is 10.0. The number of nitrogens with two attached hydrogens (primary N) is 1. The molecule has 0 atom stereocenters. The summed E-state index contributed by atoms with van der Waals surface area (Å²) in [7, 11) is 0. The van der Waals surface area contributed by atoms with E-state index in [0.717, 1.165) is 22.3 Å². The van der Waals surface area contributed by atoms with Crippen molar-refractivity contribution in [1.29, 1.82) is 0 Å². The number of nitrogen functional groups attached to an aromatic ring is 1. The molecule has 0 spiro atoms. The molecule has 3 heterocycles. The second kappa shape index (κ2) is 6.24. The molecule has 124 valence electrons. The number of nitrogens with zero attached hydrogens (tertiary/aromatic N) is 3. The van der Waals surface area contributed by atoms with Gasteiger partial charge in [-0.25, -0.2) is 15.0 Å². The number of benzene rings is 1. The van der Waals surface area contributed by atoms with Crippen LogP contribution in [0.3, 0.4) is 0 Å². The van der Waals surface area contributed by atoms with Gasteiger partial charge >= 0.3 is 0 Å². The largest absolute Gasteiger partial charge is 0.494 e. The molecule has 0 aliphatic heterocycles. The summed E-state index contributed by atoms with van der Waals surface area (Å²) in [5.74, 6) is 1.89. The van der Waals surface area contributed by atoms with Gasteiger partial charge in [0.1, 0.15) is 23.6 Å². The summed E-state index contributed by atoms with van der Waals surface area (Å²) in [6.45, 7) is 2.58. The average Bonchev–Trinajstić information content (AvgIpc) is 3.17. The van der Waals surface area contributed by atoms with Gasteiger partial charge in [-0.1, -0.05) is 12.1 Å². The fraction of sp³-hybridized carbons (Fsp3) is 0.105. The second-order valence-electron chi connectivity index (χ2n) is 5.45. The zero-order chi connectivity index (χ0) is 17.2. The summed E-state index contributed by atoms with van der Waals surface area (Å²) in [5.41, 5.74) is 9.21. The highest BCUT2D eigenvalue weighted by Gasteiger charge is 2.14. The van der Waals surface area contributed by atoms with Gasteiger partial charge in [-0.15, -0.1) is 0 Å². The summed E-state index contributed by atoms with van der Waals surface area (Å²) >= 11 is 0. The Morgan fingerprint density at radius 1 is 1.12 bits per heavy atom. The maximum Gasteiger partial charge on any atom is 0.166 e. The van der Waals surface area contributed by atoms with E-state index in [4.69, 9.17) is 14.9 Å². The maximum atomic E-state index is 6.10. The third-order valence-corrected chi connectivity index (χ3v) is 3.88. The van der Waals surface area contributed by atoms with E-state index in [1.165, 1.54) is 6.33 Å². The van der Waals surface area contributed by atoms with E-state index in [0.29, 0.717) is 29.5 Å². The number of furan rings is 1. The highest BCUT2D eigenvalue weighted by molar-refractivity contribution is 6.00. The van der Waals surface area contributed by atoms with Gasteiger partial charge in [-0.2, -0.15) is 0 Å². The van der Waals surface area contributed by atoms with Crippen LogP contribution in [0, 0.1) is 0 Å². The molecule has 25 heavy (non-hydrogen) atoms. The van der Waals surface area contributed by atoms with Crippen LogP contribution >= 0.6 is 0 Å². The smallest absolute Gasteiger partial charge is 0.166 e. The Balaban J connectivity index is 1.94. The summed E-state index contributed by atoms with van der Waals surface area (Å²) in [5, 5.41) is 0.724. The van der Waals surface area contributed by atoms with E-state index in [1.54, 1.807) is 6.26 Å². The highest BCUT2D eigenvalue weighted by atomic mass is 16.5. The van der Waals surface area contributed by atoms with Crippen LogP contribution in [-0.2, 0) is 0 Å². The molecule has 6 heteroatoms. The number of pyridine rings is 1. The van der Waals surface area contributed by atoms with E-state index in [-0.39, 0.29) is 0 Å². The van der Waals surface area contributed by atoms with Gasteiger partial charge in [-0.05, 0) is 48.4 Å². The van der Waals surface area contributed by atoms with Crippen LogP contribution in [0.2, 0.25) is 0 Å². The number of fused-ring (bicyclic) bond motifs is 1. The first-order valence-electron chi connectivity index (χ1n) is 7.94. The highest BCUT2D eigenvalue weighted by Crippen LogP contribution is 2.34. The van der Waals surface area contributed by atoms with Crippen LogP contribution in [0.4, 0.5) is 5.82 Å². The number of hydrogen-bond donors (Lipinski definition) is 1. The van der Waals surface area contributed by atoms with Crippen LogP contribution in [0.1, 0.15) is 6.92 Å². The van der Waals surface area contributed by atoms with Crippen LogP contribution in [0.25, 0.3) is 33.6 Å². The molecule has 0 bridgehead atoms. The molecule has 0 saturated carbocycles. The van der Waals surface area contributed by atoms with Gasteiger partial charge in [0.2, 0.25) is 0 Å². The lowest BCUT2D eigenvalue weighted by Crippen LogP contribution is -1.98. The number of ether oxygens (including phenoxy) is 1. The van der Waals surface area contributed by atoms with Crippen LogP contribution in [0.15, 0.2) is 59.5 Å². The normalized spacial score (nSPS) is 10.9. The van der Waals surface area contributed by atoms with Crippen molar-refractivity contribution in [2.45, 2.75) is 6.92 Å². The van der Waals surface area contributed by atoms with E-state index < -0.39 is 0 Å². The van der Waals surface area contributed by atoms with Gasteiger partial charge in [0.05, 0.1) is 18.3 Å². The minimum absolute atomic E-state index is 0.396. The minimum Gasteiger partial charge on any atom is -0.494 e. The van der Waals surface area contributed by atoms with Crippen molar-refractivity contribution in [3.05, 3.63) is 55.1 Å². The Morgan fingerprint density at radius 3 is 2.68 bits per heavy atom. The fourth-order valence-electron chi connectivity index (χ4n) is 2.76. The molecule has 0 amide bonds. The predicted octanol–water partition coefficient (Wildman–Crippen LogP) is 3.93. The summed E-state index contributed by atoms with van der Waals surface area (Å²) in [6, 6.07) is 13.5. The Hall–Kier alpha value is -3.41. The zero-order valence-electron chi connectivity index (χ0n) is 13.6. The second-order valence-corrected chi connectivity index (χ2v) is 5.45. The monoisotopic (exact) mass is 332 g/mol. The Labute approximate surface area is 144 Å². The number of anilines is 1. The molecular formula is C19H16N4O2. The quantitative estimate of drug-likeness (QED) is 0.609. The number of hydrogen-bond acceptors (Lipinski definition) is 6. The molecule has 1 aromatic carbocycles. The van der Waals surface area contributed by atoms with Crippen molar-refractivity contribution in [2.75, 3.05) is 12.3 Å².